The Morgan fingerprint density at radius 3 is 3.18 bits per heavy atom. The van der Waals surface area contributed by atoms with Gasteiger partial charge in [-0.25, -0.2) is 4.79 Å². The van der Waals surface area contributed by atoms with Crippen LogP contribution in [0.4, 0.5) is 10.3 Å². The number of nitrogens with one attached hydrogen (secondary N) is 1. The van der Waals surface area contributed by atoms with E-state index < -0.39 is 5.69 Å². The van der Waals surface area contributed by atoms with E-state index in [0.717, 1.165) is 0 Å². The molecule has 5 heteroatoms. The molecule has 0 bridgehead atoms. The van der Waals surface area contributed by atoms with E-state index >= 15 is 0 Å². The van der Waals surface area contributed by atoms with Gasteiger partial charge >= 0.3 is 5.69 Å². The molecule has 0 fully saturated rings. The van der Waals surface area contributed by atoms with Crippen molar-refractivity contribution in [3.05, 3.63) is 35.5 Å². The fourth-order valence-electron chi connectivity index (χ4n) is 0.600. The molecule has 0 aliphatic carbocycles. The molecule has 1 aromatic heterocycles. The van der Waals surface area contributed by atoms with Gasteiger partial charge in [0.15, 0.2) is 0 Å². The summed E-state index contributed by atoms with van der Waals surface area (Å²) >= 11 is 0. The highest BCUT2D eigenvalue weighted by atomic mass is 19.2. The van der Waals surface area contributed by atoms with Gasteiger partial charge in [0, 0.05) is 12.3 Å². The van der Waals surface area contributed by atoms with Crippen LogP contribution in [0, 0.1) is 0 Å². The molecule has 0 aromatic carbocycles. The van der Waals surface area contributed by atoms with Crippen LogP contribution >= 0.6 is 0 Å². The lowest BCUT2D eigenvalue weighted by Crippen LogP contribution is -2.18. The van der Waals surface area contributed by atoms with Gasteiger partial charge in [-0.05, 0) is 6.20 Å². The molecular formula is C6H6FN3O. The Balaban J connectivity index is 3.16. The fourth-order valence-corrected chi connectivity index (χ4v) is 0.600. The molecule has 1 N–H and O–H groups in total. The van der Waals surface area contributed by atoms with Crippen molar-refractivity contribution in [2.45, 2.75) is 0 Å². The van der Waals surface area contributed by atoms with Crippen LogP contribution in [-0.2, 0) is 0 Å². The average Bonchev–Trinajstić information content (AvgIpc) is 1.99. The molecule has 0 radical (unpaired) electrons. The minimum absolute atomic E-state index is 0.0139. The molecule has 0 saturated carbocycles. The Bertz CT molecular complexity index is 320. The summed E-state index contributed by atoms with van der Waals surface area (Å²) < 4.78 is 12.6. The number of rotatable bonds is 2. The van der Waals surface area contributed by atoms with Crippen molar-refractivity contribution in [1.29, 1.82) is 0 Å². The zero-order chi connectivity index (χ0) is 8.27. The van der Waals surface area contributed by atoms with Gasteiger partial charge < -0.3 is 5.32 Å². The van der Waals surface area contributed by atoms with E-state index in [9.17, 15) is 9.28 Å². The molecule has 0 spiro atoms. The standard InChI is InChI=1S/C6H6FN3O/c1-2-8-5-3-4-9-6(11)10(5)7/h2-4,8H,1H2. The Hall–Kier alpha value is -1.65. The minimum Gasteiger partial charge on any atom is -0.346 e. The molecule has 0 amide bonds. The van der Waals surface area contributed by atoms with Crippen molar-refractivity contribution in [1.82, 2.24) is 9.77 Å². The SMILES string of the molecule is C=CNc1ccnc(=O)n1F. The third-order valence-corrected chi connectivity index (χ3v) is 1.05. The maximum absolute atomic E-state index is 12.6. The molecule has 1 heterocycles. The summed E-state index contributed by atoms with van der Waals surface area (Å²) in [5.74, 6) is 0.0139. The second-order valence-electron chi connectivity index (χ2n) is 1.74. The summed E-state index contributed by atoms with van der Waals surface area (Å²) in [4.78, 5) is 13.6. The fraction of sp³-hybridized carbons (Fsp3) is 0. The lowest BCUT2D eigenvalue weighted by molar-refractivity contribution is 0.351. The summed E-state index contributed by atoms with van der Waals surface area (Å²) in [6, 6.07) is 1.32. The van der Waals surface area contributed by atoms with Gasteiger partial charge in [-0.1, -0.05) is 11.1 Å². The van der Waals surface area contributed by atoms with Crippen LogP contribution in [0.15, 0.2) is 29.8 Å². The molecule has 0 unspecified atom stereocenters. The Morgan fingerprint density at radius 1 is 1.82 bits per heavy atom. The molecule has 0 atom stereocenters. The van der Waals surface area contributed by atoms with Crippen LogP contribution in [0.25, 0.3) is 0 Å². The van der Waals surface area contributed by atoms with Crippen LogP contribution in [0.3, 0.4) is 0 Å². The first-order chi connectivity index (χ1) is 5.25. The van der Waals surface area contributed by atoms with Crippen molar-refractivity contribution in [2.24, 2.45) is 0 Å². The molecule has 0 saturated heterocycles. The van der Waals surface area contributed by atoms with E-state index in [1.165, 1.54) is 18.5 Å². The number of hydrogen-bond donors (Lipinski definition) is 1. The lowest BCUT2D eigenvalue weighted by Gasteiger charge is -1.99. The predicted molar refractivity (Wildman–Crippen MR) is 38.8 cm³/mol. The Morgan fingerprint density at radius 2 is 2.55 bits per heavy atom. The van der Waals surface area contributed by atoms with Crippen LogP contribution < -0.4 is 11.0 Å². The molecule has 58 valence electrons. The summed E-state index contributed by atoms with van der Waals surface area (Å²) in [5, 5.41) is 2.43. The van der Waals surface area contributed by atoms with E-state index in [1.54, 1.807) is 0 Å². The van der Waals surface area contributed by atoms with Crippen LogP contribution in [0.2, 0.25) is 0 Å². The van der Waals surface area contributed by atoms with Crippen molar-refractivity contribution < 1.29 is 4.48 Å². The Kier molecular flexibility index (Phi) is 2.00. The van der Waals surface area contributed by atoms with Gasteiger partial charge in [0.2, 0.25) is 0 Å². The molecule has 0 aliphatic heterocycles. The third kappa shape index (κ3) is 1.43. The number of halogens is 1. The molecule has 1 rings (SSSR count). The van der Waals surface area contributed by atoms with Crippen LogP contribution in [0.5, 0.6) is 0 Å². The molecular weight excluding hydrogens is 149 g/mol. The van der Waals surface area contributed by atoms with E-state index in [1.807, 2.05) is 0 Å². The van der Waals surface area contributed by atoms with Gasteiger partial charge in [0.25, 0.3) is 0 Å². The first-order valence-corrected chi connectivity index (χ1v) is 2.87. The molecule has 11 heavy (non-hydrogen) atoms. The number of aromatic nitrogens is 2. The van der Waals surface area contributed by atoms with Crippen molar-refractivity contribution >= 4 is 5.82 Å². The zero-order valence-electron chi connectivity index (χ0n) is 5.62. The van der Waals surface area contributed by atoms with Crippen molar-refractivity contribution in [3.8, 4) is 0 Å². The highest BCUT2D eigenvalue weighted by molar-refractivity contribution is 5.35. The highest BCUT2D eigenvalue weighted by Crippen LogP contribution is 2.00. The minimum atomic E-state index is -0.947. The normalized spacial score (nSPS) is 9.18. The average molecular weight is 155 g/mol. The number of anilines is 1. The largest absolute Gasteiger partial charge is 0.377 e. The summed E-state index contributed by atoms with van der Waals surface area (Å²) in [5.41, 5.74) is -0.947. The van der Waals surface area contributed by atoms with Gasteiger partial charge in [-0.3, -0.25) is 0 Å². The van der Waals surface area contributed by atoms with Gasteiger partial charge in [-0.2, -0.15) is 4.98 Å². The summed E-state index contributed by atoms with van der Waals surface area (Å²) in [6.45, 7) is 3.31. The summed E-state index contributed by atoms with van der Waals surface area (Å²) in [7, 11) is 0. The first kappa shape index (κ1) is 7.46. The van der Waals surface area contributed by atoms with Crippen LogP contribution in [0.1, 0.15) is 0 Å². The van der Waals surface area contributed by atoms with E-state index in [-0.39, 0.29) is 10.6 Å². The third-order valence-electron chi connectivity index (χ3n) is 1.05. The van der Waals surface area contributed by atoms with Crippen LogP contribution in [-0.4, -0.2) is 9.77 Å². The molecule has 0 aliphatic rings. The van der Waals surface area contributed by atoms with Gasteiger partial charge in [0.1, 0.15) is 5.82 Å². The molecule has 4 nitrogen and oxygen atoms in total. The van der Waals surface area contributed by atoms with Crippen molar-refractivity contribution in [2.75, 3.05) is 5.32 Å². The number of nitrogens with zero attached hydrogens (tertiary/aromatic N) is 2. The maximum atomic E-state index is 12.6. The van der Waals surface area contributed by atoms with E-state index in [4.69, 9.17) is 0 Å². The smallest absolute Gasteiger partial charge is 0.346 e. The number of hydrogen-bond acceptors (Lipinski definition) is 3. The predicted octanol–water partition coefficient (Wildman–Crippen LogP) is 0.531. The topological polar surface area (TPSA) is 46.9 Å². The lowest BCUT2D eigenvalue weighted by atomic mass is 10.6. The van der Waals surface area contributed by atoms with E-state index in [0.29, 0.717) is 0 Å². The molecule has 1 aromatic rings. The highest BCUT2D eigenvalue weighted by Gasteiger charge is 1.98. The second kappa shape index (κ2) is 2.96. The monoisotopic (exact) mass is 155 g/mol. The Labute approximate surface area is 61.9 Å². The van der Waals surface area contributed by atoms with Crippen molar-refractivity contribution in [3.63, 3.8) is 0 Å². The first-order valence-electron chi connectivity index (χ1n) is 2.87. The van der Waals surface area contributed by atoms with Gasteiger partial charge in [0.05, 0.1) is 0 Å². The maximum Gasteiger partial charge on any atom is 0.377 e. The van der Waals surface area contributed by atoms with Gasteiger partial charge in [-0.15, -0.1) is 4.79 Å². The summed E-state index contributed by atoms with van der Waals surface area (Å²) in [6.07, 6.45) is 2.48. The second-order valence-corrected chi connectivity index (χ2v) is 1.74. The zero-order valence-corrected chi connectivity index (χ0v) is 5.62. The van der Waals surface area contributed by atoms with E-state index in [2.05, 4.69) is 16.9 Å². The quantitative estimate of drug-likeness (QED) is 0.677.